The van der Waals surface area contributed by atoms with E-state index < -0.39 is 0 Å². The Morgan fingerprint density at radius 1 is 1.23 bits per heavy atom. The first kappa shape index (κ1) is 9.47. The lowest BCUT2D eigenvalue weighted by atomic mass is 9.86. The predicted octanol–water partition coefficient (Wildman–Crippen LogP) is 1.47. The van der Waals surface area contributed by atoms with Crippen LogP contribution in [0.3, 0.4) is 0 Å². The van der Waals surface area contributed by atoms with Crippen molar-refractivity contribution in [2.24, 2.45) is 5.41 Å². The van der Waals surface area contributed by atoms with Gasteiger partial charge in [-0.05, 0) is 18.3 Å². The maximum Gasteiger partial charge on any atom is 0.0147 e. The van der Waals surface area contributed by atoms with Crippen LogP contribution in [0.2, 0.25) is 0 Å². The Morgan fingerprint density at radius 3 is 2.46 bits per heavy atom. The summed E-state index contributed by atoms with van der Waals surface area (Å²) in [6.45, 7) is 9.76. The molecule has 2 rings (SSSR count). The molecule has 2 aliphatic rings. The second kappa shape index (κ2) is 3.58. The van der Waals surface area contributed by atoms with Crippen LogP contribution in [-0.2, 0) is 0 Å². The van der Waals surface area contributed by atoms with Gasteiger partial charge in [-0.3, -0.25) is 4.90 Å². The second-order valence-electron chi connectivity index (χ2n) is 5.18. The Labute approximate surface area is 81.7 Å². The third-order valence-electron chi connectivity index (χ3n) is 3.79. The normalized spacial score (nSPS) is 35.1. The minimum atomic E-state index is 0.567. The van der Waals surface area contributed by atoms with Gasteiger partial charge in [0, 0.05) is 32.2 Å². The number of nitrogens with one attached hydrogen (secondary N) is 1. The second-order valence-corrected chi connectivity index (χ2v) is 5.18. The summed E-state index contributed by atoms with van der Waals surface area (Å²) < 4.78 is 0. The van der Waals surface area contributed by atoms with Crippen LogP contribution in [0.15, 0.2) is 0 Å². The van der Waals surface area contributed by atoms with Gasteiger partial charge in [0.15, 0.2) is 0 Å². The summed E-state index contributed by atoms with van der Waals surface area (Å²) in [6.07, 6.45) is 4.27. The van der Waals surface area contributed by atoms with Gasteiger partial charge in [0.1, 0.15) is 0 Å². The van der Waals surface area contributed by atoms with E-state index in [4.69, 9.17) is 0 Å². The zero-order valence-electron chi connectivity index (χ0n) is 8.97. The van der Waals surface area contributed by atoms with Gasteiger partial charge in [-0.2, -0.15) is 0 Å². The molecule has 0 aromatic heterocycles. The van der Waals surface area contributed by atoms with Crippen LogP contribution in [0.25, 0.3) is 0 Å². The molecule has 76 valence electrons. The molecule has 0 aromatic rings. The highest BCUT2D eigenvalue weighted by Gasteiger charge is 2.38. The average Bonchev–Trinajstić information content (AvgIpc) is 2.47. The van der Waals surface area contributed by atoms with Crippen LogP contribution in [0.1, 0.15) is 33.1 Å². The van der Waals surface area contributed by atoms with E-state index in [2.05, 4.69) is 24.1 Å². The zero-order valence-corrected chi connectivity index (χ0v) is 8.97. The summed E-state index contributed by atoms with van der Waals surface area (Å²) in [5.74, 6) is 0. The van der Waals surface area contributed by atoms with E-state index in [1.54, 1.807) is 0 Å². The molecule has 1 saturated carbocycles. The smallest absolute Gasteiger partial charge is 0.0147 e. The van der Waals surface area contributed by atoms with Gasteiger partial charge in [-0.1, -0.05) is 20.3 Å². The number of nitrogens with zero attached hydrogens (tertiary/aromatic N) is 1. The van der Waals surface area contributed by atoms with Gasteiger partial charge in [-0.15, -0.1) is 0 Å². The molecule has 1 saturated heterocycles. The van der Waals surface area contributed by atoms with Crippen molar-refractivity contribution >= 4 is 0 Å². The molecule has 0 bridgehead atoms. The predicted molar refractivity (Wildman–Crippen MR) is 55.9 cm³/mol. The molecule has 2 fully saturated rings. The number of hydrogen-bond donors (Lipinski definition) is 1. The molecule has 1 heterocycles. The quantitative estimate of drug-likeness (QED) is 0.660. The van der Waals surface area contributed by atoms with Crippen molar-refractivity contribution in [3.8, 4) is 0 Å². The Hall–Kier alpha value is -0.0800. The minimum absolute atomic E-state index is 0.567. The van der Waals surface area contributed by atoms with E-state index in [1.807, 2.05) is 0 Å². The lowest BCUT2D eigenvalue weighted by Gasteiger charge is -2.39. The van der Waals surface area contributed by atoms with Crippen LogP contribution in [0, 0.1) is 5.41 Å². The minimum Gasteiger partial charge on any atom is -0.314 e. The lowest BCUT2D eigenvalue weighted by Crippen LogP contribution is -2.51. The standard InChI is InChI=1S/C11H22N2/c1-11(2)5-3-4-10(11)13-8-6-12-7-9-13/h10,12H,3-9H2,1-2H3. The van der Waals surface area contributed by atoms with Crippen LogP contribution in [-0.4, -0.2) is 37.1 Å². The molecule has 2 nitrogen and oxygen atoms in total. The van der Waals surface area contributed by atoms with Gasteiger partial charge in [0.2, 0.25) is 0 Å². The van der Waals surface area contributed by atoms with Crippen LogP contribution in [0.5, 0.6) is 0 Å². The van der Waals surface area contributed by atoms with Crippen LogP contribution >= 0.6 is 0 Å². The maximum atomic E-state index is 3.42. The summed E-state index contributed by atoms with van der Waals surface area (Å²) in [7, 11) is 0. The topological polar surface area (TPSA) is 15.3 Å². The largest absolute Gasteiger partial charge is 0.314 e. The van der Waals surface area contributed by atoms with Crippen molar-refractivity contribution in [2.45, 2.75) is 39.2 Å². The average molecular weight is 182 g/mol. The fraction of sp³-hybridized carbons (Fsp3) is 1.00. The number of piperazine rings is 1. The first-order valence-corrected chi connectivity index (χ1v) is 5.65. The highest BCUT2D eigenvalue weighted by molar-refractivity contribution is 4.93. The Morgan fingerprint density at radius 2 is 1.92 bits per heavy atom. The summed E-state index contributed by atoms with van der Waals surface area (Å²) in [5, 5.41) is 3.42. The molecule has 0 amide bonds. The summed E-state index contributed by atoms with van der Waals surface area (Å²) in [4.78, 5) is 2.70. The van der Waals surface area contributed by atoms with Crippen molar-refractivity contribution in [3.05, 3.63) is 0 Å². The fourth-order valence-electron chi connectivity index (χ4n) is 2.98. The van der Waals surface area contributed by atoms with Crippen molar-refractivity contribution in [3.63, 3.8) is 0 Å². The Kier molecular flexibility index (Phi) is 2.61. The molecule has 1 aliphatic carbocycles. The Balaban J connectivity index is 1.98. The molecule has 1 unspecified atom stereocenters. The van der Waals surface area contributed by atoms with E-state index in [0.29, 0.717) is 5.41 Å². The van der Waals surface area contributed by atoms with Crippen molar-refractivity contribution in [2.75, 3.05) is 26.2 Å². The molecule has 0 radical (unpaired) electrons. The molecule has 2 heteroatoms. The van der Waals surface area contributed by atoms with Crippen LogP contribution < -0.4 is 5.32 Å². The molecule has 13 heavy (non-hydrogen) atoms. The maximum absolute atomic E-state index is 3.42. The first-order chi connectivity index (χ1) is 6.20. The number of rotatable bonds is 1. The third kappa shape index (κ3) is 1.89. The Bertz CT molecular complexity index is 171. The van der Waals surface area contributed by atoms with Gasteiger partial charge < -0.3 is 5.32 Å². The zero-order chi connectivity index (χ0) is 9.31. The van der Waals surface area contributed by atoms with E-state index in [9.17, 15) is 0 Å². The molecule has 1 N–H and O–H groups in total. The van der Waals surface area contributed by atoms with E-state index in [1.165, 1.54) is 45.4 Å². The number of hydrogen-bond acceptors (Lipinski definition) is 2. The molecule has 0 aromatic carbocycles. The van der Waals surface area contributed by atoms with Crippen molar-refractivity contribution in [1.82, 2.24) is 10.2 Å². The van der Waals surface area contributed by atoms with Crippen molar-refractivity contribution < 1.29 is 0 Å². The van der Waals surface area contributed by atoms with Crippen LogP contribution in [0.4, 0.5) is 0 Å². The molecular weight excluding hydrogens is 160 g/mol. The molecule has 1 atom stereocenters. The third-order valence-corrected chi connectivity index (χ3v) is 3.79. The van der Waals surface area contributed by atoms with Gasteiger partial charge in [-0.25, -0.2) is 0 Å². The summed E-state index contributed by atoms with van der Waals surface area (Å²) in [6, 6.07) is 0.856. The van der Waals surface area contributed by atoms with Gasteiger partial charge >= 0.3 is 0 Å². The van der Waals surface area contributed by atoms with Crippen molar-refractivity contribution in [1.29, 1.82) is 0 Å². The SMILES string of the molecule is CC1(C)CCCC1N1CCNCC1. The van der Waals surface area contributed by atoms with E-state index >= 15 is 0 Å². The molecule has 1 aliphatic heterocycles. The van der Waals surface area contributed by atoms with E-state index in [-0.39, 0.29) is 0 Å². The monoisotopic (exact) mass is 182 g/mol. The van der Waals surface area contributed by atoms with Gasteiger partial charge in [0.05, 0.1) is 0 Å². The molecule has 0 spiro atoms. The highest BCUT2D eigenvalue weighted by atomic mass is 15.2. The van der Waals surface area contributed by atoms with Gasteiger partial charge in [0.25, 0.3) is 0 Å². The summed E-state index contributed by atoms with van der Waals surface area (Å²) in [5.41, 5.74) is 0.567. The lowest BCUT2D eigenvalue weighted by molar-refractivity contribution is 0.0996. The first-order valence-electron chi connectivity index (χ1n) is 5.65. The fourth-order valence-corrected chi connectivity index (χ4v) is 2.98. The summed E-state index contributed by atoms with van der Waals surface area (Å²) >= 11 is 0. The molecular formula is C11H22N2. The van der Waals surface area contributed by atoms with E-state index in [0.717, 1.165) is 6.04 Å². The highest BCUT2D eigenvalue weighted by Crippen LogP contribution is 2.40.